The number of piperidine rings is 1. The molecule has 3 fully saturated rings. The van der Waals surface area contributed by atoms with Gasteiger partial charge in [0, 0.05) is 19.5 Å². The summed E-state index contributed by atoms with van der Waals surface area (Å²) in [6.45, 7) is 1.75. The average Bonchev–Trinajstić information content (AvgIpc) is 1.83. The summed E-state index contributed by atoms with van der Waals surface area (Å²) in [6.07, 6.45) is 1.75. The summed E-state index contributed by atoms with van der Waals surface area (Å²) < 4.78 is 5.35. The first-order valence-electron chi connectivity index (χ1n) is 3.83. The molecule has 0 spiro atoms. The summed E-state index contributed by atoms with van der Waals surface area (Å²) in [5, 5.41) is 8.48. The quantitative estimate of drug-likeness (QED) is 0.589. The zero-order valence-electron chi connectivity index (χ0n) is 6.19. The van der Waals surface area contributed by atoms with Gasteiger partial charge in [-0.05, 0) is 0 Å². The number of aliphatic carboxylic acids is 1. The lowest BCUT2D eigenvalue weighted by molar-refractivity contribution is -0.183. The van der Waals surface area contributed by atoms with Crippen LogP contribution in [0.2, 0.25) is 0 Å². The molecule has 3 rings (SSSR count). The summed E-state index contributed by atoms with van der Waals surface area (Å²) in [6, 6.07) is 0. The Kier molecular flexibility index (Phi) is 1.58. The molecule has 0 aromatic carbocycles. The van der Waals surface area contributed by atoms with Crippen molar-refractivity contribution in [2.45, 2.75) is 18.6 Å². The smallest absolute Gasteiger partial charge is 0.317 e. The molecule has 4 heteroatoms. The van der Waals surface area contributed by atoms with Gasteiger partial charge in [-0.2, -0.15) is 0 Å². The van der Waals surface area contributed by atoms with Crippen LogP contribution in [-0.2, 0) is 9.53 Å². The van der Waals surface area contributed by atoms with Gasteiger partial charge < -0.3 is 9.84 Å². The molecule has 0 radical (unpaired) electrons. The van der Waals surface area contributed by atoms with Crippen LogP contribution in [0.25, 0.3) is 0 Å². The molecule has 3 aliphatic rings. The van der Waals surface area contributed by atoms with Crippen molar-refractivity contribution in [3.05, 3.63) is 0 Å². The minimum atomic E-state index is -0.744. The van der Waals surface area contributed by atoms with Crippen molar-refractivity contribution in [1.29, 1.82) is 0 Å². The lowest BCUT2D eigenvalue weighted by Crippen LogP contribution is -2.58. The van der Waals surface area contributed by atoms with Crippen LogP contribution in [0.15, 0.2) is 0 Å². The van der Waals surface area contributed by atoms with Crippen LogP contribution >= 0.6 is 0 Å². The average molecular weight is 157 g/mol. The Balaban J connectivity index is 1.83. The van der Waals surface area contributed by atoms with E-state index in [1.807, 2.05) is 4.90 Å². The number of carbonyl (C=O) groups is 1. The zero-order valence-corrected chi connectivity index (χ0v) is 6.19. The fourth-order valence-electron chi connectivity index (χ4n) is 1.76. The standard InChI is InChI=1S/C7H11NO3/c9-7(10)4-8-2-5-1-6(3-8)11-5/h5-6H,1-4H2,(H,9,10). The van der Waals surface area contributed by atoms with Crippen LogP contribution in [0.3, 0.4) is 0 Å². The number of fused-ring (bicyclic) bond motifs is 2. The number of morpholine rings is 1. The second kappa shape index (κ2) is 2.46. The molecule has 0 amide bonds. The van der Waals surface area contributed by atoms with Gasteiger partial charge in [-0.1, -0.05) is 0 Å². The fraction of sp³-hybridized carbons (Fsp3) is 0.857. The minimum absolute atomic E-state index is 0.163. The predicted molar refractivity (Wildman–Crippen MR) is 37.4 cm³/mol. The van der Waals surface area contributed by atoms with Gasteiger partial charge in [0.05, 0.1) is 18.8 Å². The number of nitrogens with zero attached hydrogens (tertiary/aromatic N) is 1. The summed E-state index contributed by atoms with van der Waals surface area (Å²) >= 11 is 0. The van der Waals surface area contributed by atoms with Crippen molar-refractivity contribution in [2.75, 3.05) is 19.6 Å². The van der Waals surface area contributed by atoms with E-state index in [2.05, 4.69) is 0 Å². The largest absolute Gasteiger partial charge is 0.480 e. The SMILES string of the molecule is O=C(O)CN1CC2CC(C1)O2. The molecule has 0 aromatic heterocycles. The van der Waals surface area contributed by atoms with E-state index >= 15 is 0 Å². The Morgan fingerprint density at radius 2 is 2.09 bits per heavy atom. The van der Waals surface area contributed by atoms with Gasteiger partial charge in [-0.15, -0.1) is 0 Å². The van der Waals surface area contributed by atoms with Gasteiger partial charge in [0.2, 0.25) is 0 Å². The number of carboxylic acid groups (broad SMARTS) is 1. The summed E-state index contributed by atoms with van der Waals surface area (Å²) in [4.78, 5) is 12.2. The van der Waals surface area contributed by atoms with E-state index in [0.717, 1.165) is 19.5 Å². The van der Waals surface area contributed by atoms with Crippen molar-refractivity contribution in [3.8, 4) is 0 Å². The van der Waals surface area contributed by atoms with Gasteiger partial charge in [0.25, 0.3) is 0 Å². The Hall–Kier alpha value is -0.610. The highest BCUT2D eigenvalue weighted by Crippen LogP contribution is 2.27. The first-order chi connectivity index (χ1) is 5.24. The van der Waals surface area contributed by atoms with E-state index in [9.17, 15) is 4.79 Å². The van der Waals surface area contributed by atoms with Crippen LogP contribution in [0, 0.1) is 0 Å². The summed E-state index contributed by atoms with van der Waals surface area (Å²) in [5.41, 5.74) is 0. The number of hydrogen-bond donors (Lipinski definition) is 1. The van der Waals surface area contributed by atoms with Crippen LogP contribution in [0.4, 0.5) is 0 Å². The van der Waals surface area contributed by atoms with Crippen molar-refractivity contribution < 1.29 is 14.6 Å². The highest BCUT2D eigenvalue weighted by Gasteiger charge is 2.38. The van der Waals surface area contributed by atoms with E-state index in [-0.39, 0.29) is 6.54 Å². The van der Waals surface area contributed by atoms with Crippen molar-refractivity contribution in [1.82, 2.24) is 4.90 Å². The Morgan fingerprint density at radius 1 is 1.55 bits per heavy atom. The molecule has 1 N–H and O–H groups in total. The van der Waals surface area contributed by atoms with Crippen LogP contribution in [-0.4, -0.2) is 47.8 Å². The van der Waals surface area contributed by atoms with Crippen LogP contribution in [0.1, 0.15) is 6.42 Å². The van der Waals surface area contributed by atoms with Gasteiger partial charge in [0.1, 0.15) is 0 Å². The van der Waals surface area contributed by atoms with Gasteiger partial charge in [-0.3, -0.25) is 9.69 Å². The molecule has 2 atom stereocenters. The monoisotopic (exact) mass is 157 g/mol. The Bertz CT molecular complexity index is 167. The Labute approximate surface area is 64.7 Å². The van der Waals surface area contributed by atoms with Gasteiger partial charge >= 0.3 is 5.97 Å². The third-order valence-electron chi connectivity index (χ3n) is 2.19. The molecule has 0 aliphatic carbocycles. The molecular formula is C7H11NO3. The number of hydrogen-bond acceptors (Lipinski definition) is 3. The molecule has 0 aromatic rings. The highest BCUT2D eigenvalue weighted by molar-refractivity contribution is 5.69. The zero-order chi connectivity index (χ0) is 7.84. The topological polar surface area (TPSA) is 49.8 Å². The van der Waals surface area contributed by atoms with E-state index in [4.69, 9.17) is 9.84 Å². The number of carboxylic acids is 1. The van der Waals surface area contributed by atoms with E-state index < -0.39 is 5.97 Å². The molecule has 3 heterocycles. The van der Waals surface area contributed by atoms with Gasteiger partial charge in [0.15, 0.2) is 0 Å². The van der Waals surface area contributed by atoms with Crippen molar-refractivity contribution >= 4 is 5.97 Å². The maximum atomic E-state index is 10.3. The molecule has 2 unspecified atom stereocenters. The van der Waals surface area contributed by atoms with Crippen LogP contribution in [0.5, 0.6) is 0 Å². The Morgan fingerprint density at radius 3 is 2.55 bits per heavy atom. The normalized spacial score (nSPS) is 36.4. The summed E-state index contributed by atoms with van der Waals surface area (Å²) in [7, 11) is 0. The second-order valence-corrected chi connectivity index (χ2v) is 3.20. The molecule has 11 heavy (non-hydrogen) atoms. The molecule has 3 aliphatic heterocycles. The maximum Gasteiger partial charge on any atom is 0.317 e. The van der Waals surface area contributed by atoms with E-state index in [1.165, 1.54) is 0 Å². The van der Waals surface area contributed by atoms with Crippen molar-refractivity contribution in [3.63, 3.8) is 0 Å². The van der Waals surface area contributed by atoms with Crippen LogP contribution < -0.4 is 0 Å². The summed E-state index contributed by atoms with van der Waals surface area (Å²) in [5.74, 6) is -0.744. The fourth-order valence-corrected chi connectivity index (χ4v) is 1.76. The molecule has 4 nitrogen and oxygen atoms in total. The molecule has 2 bridgehead atoms. The van der Waals surface area contributed by atoms with E-state index in [0.29, 0.717) is 12.2 Å². The minimum Gasteiger partial charge on any atom is -0.480 e. The van der Waals surface area contributed by atoms with E-state index in [1.54, 1.807) is 0 Å². The first kappa shape index (κ1) is 7.06. The maximum absolute atomic E-state index is 10.3. The predicted octanol–water partition coefficient (Wildman–Crippen LogP) is -0.456. The molecule has 3 saturated heterocycles. The molecule has 62 valence electrons. The third kappa shape index (κ3) is 1.36. The second-order valence-electron chi connectivity index (χ2n) is 3.20. The lowest BCUT2D eigenvalue weighted by Gasteiger charge is -2.46. The first-order valence-corrected chi connectivity index (χ1v) is 3.83. The number of rotatable bonds is 2. The van der Waals surface area contributed by atoms with Gasteiger partial charge in [-0.25, -0.2) is 0 Å². The lowest BCUT2D eigenvalue weighted by atomic mass is 9.99. The molecule has 0 saturated carbocycles. The highest BCUT2D eigenvalue weighted by atomic mass is 16.5. The molecular weight excluding hydrogens is 146 g/mol. The third-order valence-corrected chi connectivity index (χ3v) is 2.19. The number of ether oxygens (including phenoxy) is 1. The van der Waals surface area contributed by atoms with Crippen molar-refractivity contribution in [2.24, 2.45) is 0 Å².